The molecule has 6 heteroatoms. The van der Waals surface area contributed by atoms with Gasteiger partial charge in [0.2, 0.25) is 5.91 Å². The number of nitrogens with two attached hydrogens (primary N) is 1. The topological polar surface area (TPSA) is 108 Å². The fourth-order valence-electron chi connectivity index (χ4n) is 5.97. The predicted octanol–water partition coefficient (Wildman–Crippen LogP) is 2.30. The molecule has 4 N–H and O–H groups in total. The number of nitrogens with one attached hydrogen (secondary N) is 1. The summed E-state index contributed by atoms with van der Waals surface area (Å²) in [6, 6.07) is 9.33. The Morgan fingerprint density at radius 2 is 1.96 bits per heavy atom. The minimum absolute atomic E-state index is 0.150. The summed E-state index contributed by atoms with van der Waals surface area (Å²) in [4.78, 5) is 12.1. The summed E-state index contributed by atoms with van der Waals surface area (Å²) in [5.41, 5.74) is 4.96. The summed E-state index contributed by atoms with van der Waals surface area (Å²) in [5, 5.41) is 23.6. The molecule has 1 amide bonds. The fraction of sp³-hybridized carbons (Fsp3) is 0.636. The van der Waals surface area contributed by atoms with Crippen LogP contribution in [-0.4, -0.2) is 28.9 Å². The molecule has 6 nitrogen and oxygen atoms in total. The molecular weight excluding hydrogens is 354 g/mol. The second kappa shape index (κ2) is 6.75. The van der Waals surface area contributed by atoms with Gasteiger partial charge in [-0.05, 0) is 75.8 Å². The van der Waals surface area contributed by atoms with E-state index in [0.717, 1.165) is 32.1 Å². The molecule has 4 aliphatic carbocycles. The molecule has 0 heterocycles. The van der Waals surface area contributed by atoms with Crippen LogP contribution in [0.4, 0.5) is 0 Å². The van der Waals surface area contributed by atoms with Crippen LogP contribution >= 0.6 is 0 Å². The van der Waals surface area contributed by atoms with Crippen molar-refractivity contribution in [3.05, 3.63) is 29.8 Å². The van der Waals surface area contributed by atoms with Crippen molar-refractivity contribution >= 4 is 5.91 Å². The van der Waals surface area contributed by atoms with E-state index in [-0.39, 0.29) is 17.4 Å². The van der Waals surface area contributed by atoms with Gasteiger partial charge >= 0.3 is 0 Å². The number of primary amides is 1. The smallest absolute Gasteiger partial charge is 0.223 e. The van der Waals surface area contributed by atoms with E-state index in [1.165, 1.54) is 0 Å². The van der Waals surface area contributed by atoms with E-state index < -0.39 is 11.8 Å². The largest absolute Gasteiger partial charge is 0.482 e. The minimum atomic E-state index is -0.914. The number of aliphatic hydroxyl groups excluding tert-OH is 1. The van der Waals surface area contributed by atoms with Gasteiger partial charge in [0.25, 0.3) is 0 Å². The van der Waals surface area contributed by atoms with Gasteiger partial charge in [-0.25, -0.2) is 0 Å². The highest BCUT2D eigenvalue weighted by molar-refractivity contribution is 5.81. The summed E-state index contributed by atoms with van der Waals surface area (Å²) in [6.07, 6.45) is 3.86. The van der Waals surface area contributed by atoms with Gasteiger partial charge in [0.05, 0.1) is 5.56 Å². The van der Waals surface area contributed by atoms with E-state index in [4.69, 9.17) is 10.5 Å². The number of nitrogens with zero attached hydrogens (tertiary/aromatic N) is 1. The molecule has 0 spiro atoms. The van der Waals surface area contributed by atoms with Gasteiger partial charge in [-0.2, -0.15) is 5.26 Å². The Balaban J connectivity index is 1.47. The lowest BCUT2D eigenvalue weighted by molar-refractivity contribution is -0.150. The van der Waals surface area contributed by atoms with Crippen molar-refractivity contribution in [2.24, 2.45) is 28.9 Å². The number of rotatable bonds is 6. The van der Waals surface area contributed by atoms with Crippen LogP contribution in [0.5, 0.6) is 5.75 Å². The number of carbonyl (C=O) groups excluding carboxylic acids is 1. The third-order valence-corrected chi connectivity index (χ3v) is 7.19. The lowest BCUT2D eigenvalue weighted by Crippen LogP contribution is -2.65. The van der Waals surface area contributed by atoms with Gasteiger partial charge in [0.1, 0.15) is 23.6 Å². The zero-order chi connectivity index (χ0) is 20.1. The molecule has 3 atom stereocenters. The van der Waals surface area contributed by atoms with Gasteiger partial charge in [-0.1, -0.05) is 12.1 Å². The molecule has 0 saturated heterocycles. The molecule has 150 valence electrons. The molecule has 4 bridgehead atoms. The van der Waals surface area contributed by atoms with Crippen LogP contribution in [0.1, 0.15) is 51.5 Å². The summed E-state index contributed by atoms with van der Waals surface area (Å²) >= 11 is 0. The number of para-hydroxylation sites is 1. The van der Waals surface area contributed by atoms with Gasteiger partial charge in [-0.15, -0.1) is 0 Å². The fourth-order valence-corrected chi connectivity index (χ4v) is 5.97. The van der Waals surface area contributed by atoms with E-state index in [0.29, 0.717) is 29.1 Å². The van der Waals surface area contributed by atoms with Crippen molar-refractivity contribution in [1.29, 1.82) is 5.26 Å². The highest BCUT2D eigenvalue weighted by Gasteiger charge is 2.58. The number of ether oxygens (including phenoxy) is 1. The second-order valence-electron chi connectivity index (χ2n) is 9.52. The van der Waals surface area contributed by atoms with E-state index >= 15 is 0 Å². The lowest BCUT2D eigenvalue weighted by Gasteiger charge is -2.59. The number of carbonyl (C=O) groups is 1. The molecule has 1 aromatic carbocycles. The third-order valence-electron chi connectivity index (χ3n) is 7.19. The summed E-state index contributed by atoms with van der Waals surface area (Å²) in [6.45, 7) is 3.64. The Bertz CT molecular complexity index is 799. The molecule has 3 unspecified atom stereocenters. The maximum atomic E-state index is 12.1. The van der Waals surface area contributed by atoms with Crippen LogP contribution in [0, 0.1) is 34.5 Å². The summed E-state index contributed by atoms with van der Waals surface area (Å²) in [5.74, 6) is 1.61. The monoisotopic (exact) mass is 383 g/mol. The van der Waals surface area contributed by atoms with Gasteiger partial charge in [0, 0.05) is 11.5 Å². The number of hydrogen-bond donors (Lipinski definition) is 3. The van der Waals surface area contributed by atoms with Crippen LogP contribution in [0.2, 0.25) is 0 Å². The maximum absolute atomic E-state index is 12.1. The third kappa shape index (κ3) is 3.17. The van der Waals surface area contributed by atoms with E-state index in [9.17, 15) is 15.2 Å². The first-order valence-electron chi connectivity index (χ1n) is 10.2. The predicted molar refractivity (Wildman–Crippen MR) is 104 cm³/mol. The second-order valence-corrected chi connectivity index (χ2v) is 9.52. The van der Waals surface area contributed by atoms with Crippen molar-refractivity contribution in [3.8, 4) is 11.8 Å². The molecule has 0 aliphatic heterocycles. The standard InChI is InChI=1S/C22H29N3O3/c1-21(2,28-17-6-4-3-5-14(17)12-23)20(27)25-18-15-7-13-8-16(18)11-22(9-13,10-15)19(24)26/h3-6,13,15-16,18,20,25,27H,7-11H2,1-2H3,(H2,24,26). The average Bonchev–Trinajstić information content (AvgIpc) is 2.64. The highest BCUT2D eigenvalue weighted by Crippen LogP contribution is 2.60. The Labute approximate surface area is 166 Å². The molecule has 5 rings (SSSR count). The molecule has 28 heavy (non-hydrogen) atoms. The summed E-state index contributed by atoms with van der Waals surface area (Å²) < 4.78 is 6.03. The SMILES string of the molecule is CC(C)(Oc1ccccc1C#N)C(O)NC1C2CC3CC1CC(C(N)=O)(C3)C2. The molecule has 4 saturated carbocycles. The van der Waals surface area contributed by atoms with Gasteiger partial charge in [-0.3, -0.25) is 10.1 Å². The molecule has 4 aliphatic rings. The maximum Gasteiger partial charge on any atom is 0.223 e. The first kappa shape index (κ1) is 19.2. The van der Waals surface area contributed by atoms with Crippen molar-refractivity contribution in [1.82, 2.24) is 5.32 Å². The Kier molecular flexibility index (Phi) is 4.64. The van der Waals surface area contributed by atoms with E-state index in [1.54, 1.807) is 18.2 Å². The van der Waals surface area contributed by atoms with Crippen LogP contribution in [0.3, 0.4) is 0 Å². The summed E-state index contributed by atoms with van der Waals surface area (Å²) in [7, 11) is 0. The average molecular weight is 383 g/mol. The normalized spacial score (nSPS) is 34.6. The van der Waals surface area contributed by atoms with Crippen molar-refractivity contribution in [2.45, 2.75) is 63.8 Å². The number of hydrogen-bond acceptors (Lipinski definition) is 5. The quantitative estimate of drug-likeness (QED) is 0.653. The Morgan fingerprint density at radius 1 is 1.32 bits per heavy atom. The Hall–Kier alpha value is -2.10. The van der Waals surface area contributed by atoms with Gasteiger partial charge < -0.3 is 15.6 Å². The zero-order valence-corrected chi connectivity index (χ0v) is 16.5. The number of nitriles is 1. The number of amides is 1. The first-order valence-corrected chi connectivity index (χ1v) is 10.2. The molecule has 4 fully saturated rings. The molecular formula is C22H29N3O3. The van der Waals surface area contributed by atoms with Crippen LogP contribution in [0.15, 0.2) is 24.3 Å². The molecule has 0 radical (unpaired) electrons. The lowest BCUT2D eigenvalue weighted by atomic mass is 9.47. The van der Waals surface area contributed by atoms with Crippen LogP contribution in [-0.2, 0) is 4.79 Å². The number of benzene rings is 1. The number of aliphatic hydroxyl groups is 1. The van der Waals surface area contributed by atoms with Crippen LogP contribution in [0.25, 0.3) is 0 Å². The molecule has 0 aromatic heterocycles. The Morgan fingerprint density at radius 3 is 2.57 bits per heavy atom. The minimum Gasteiger partial charge on any atom is -0.482 e. The van der Waals surface area contributed by atoms with E-state index in [2.05, 4.69) is 11.4 Å². The highest BCUT2D eigenvalue weighted by atomic mass is 16.5. The zero-order valence-electron chi connectivity index (χ0n) is 16.5. The van der Waals surface area contributed by atoms with Crippen molar-refractivity contribution < 1.29 is 14.6 Å². The van der Waals surface area contributed by atoms with E-state index in [1.807, 2.05) is 19.9 Å². The van der Waals surface area contributed by atoms with Crippen LogP contribution < -0.4 is 15.8 Å². The molecule has 1 aromatic rings. The first-order chi connectivity index (χ1) is 13.2. The van der Waals surface area contributed by atoms with Crippen molar-refractivity contribution in [3.63, 3.8) is 0 Å². The van der Waals surface area contributed by atoms with Crippen molar-refractivity contribution in [2.75, 3.05) is 0 Å². The van der Waals surface area contributed by atoms with Gasteiger partial charge in [0.15, 0.2) is 0 Å².